The van der Waals surface area contributed by atoms with Gasteiger partial charge in [-0.2, -0.15) is 0 Å². The van der Waals surface area contributed by atoms with Gasteiger partial charge in [0, 0.05) is 42.0 Å². The summed E-state index contributed by atoms with van der Waals surface area (Å²) in [6.07, 6.45) is 1.13. The Morgan fingerprint density at radius 2 is 2.15 bits per heavy atom. The minimum absolute atomic E-state index is 0.129. The number of carbonyl (C=O) groups excluding carboxylic acids is 1. The van der Waals surface area contributed by atoms with Crippen LogP contribution in [0.3, 0.4) is 0 Å². The molecular formula is C13H17BrN2O3S. The SMILES string of the molecule is C[C@H]1CN(C(=O)c2ccc(Br)c(S(C)(=O)=O)c2)CCN1. The van der Waals surface area contributed by atoms with E-state index in [1.165, 1.54) is 6.07 Å². The van der Waals surface area contributed by atoms with Gasteiger partial charge in [-0.1, -0.05) is 0 Å². The molecule has 0 radical (unpaired) electrons. The Balaban J connectivity index is 2.31. The maximum atomic E-state index is 12.4. The molecule has 1 saturated heterocycles. The van der Waals surface area contributed by atoms with Crippen LogP contribution in [0.1, 0.15) is 17.3 Å². The Bertz CT molecular complexity index is 631. The molecule has 0 unspecified atom stereocenters. The first-order valence-electron chi connectivity index (χ1n) is 6.31. The van der Waals surface area contributed by atoms with E-state index in [1.54, 1.807) is 17.0 Å². The first kappa shape index (κ1) is 15.5. The van der Waals surface area contributed by atoms with E-state index in [0.717, 1.165) is 12.8 Å². The van der Waals surface area contributed by atoms with Gasteiger partial charge in [0.15, 0.2) is 9.84 Å². The maximum Gasteiger partial charge on any atom is 0.253 e. The van der Waals surface area contributed by atoms with Crippen molar-refractivity contribution < 1.29 is 13.2 Å². The lowest BCUT2D eigenvalue weighted by Crippen LogP contribution is -2.51. The highest BCUT2D eigenvalue weighted by molar-refractivity contribution is 9.10. The molecule has 20 heavy (non-hydrogen) atoms. The molecule has 1 aliphatic rings. The van der Waals surface area contributed by atoms with Gasteiger partial charge in [-0.05, 0) is 41.1 Å². The van der Waals surface area contributed by atoms with Crippen molar-refractivity contribution in [3.05, 3.63) is 28.2 Å². The molecule has 5 nitrogen and oxygen atoms in total. The fraction of sp³-hybridized carbons (Fsp3) is 0.462. The molecule has 0 bridgehead atoms. The van der Waals surface area contributed by atoms with E-state index in [-0.39, 0.29) is 16.8 Å². The zero-order valence-corrected chi connectivity index (χ0v) is 13.8. The minimum atomic E-state index is -3.36. The van der Waals surface area contributed by atoms with Crippen LogP contribution in [0.5, 0.6) is 0 Å². The molecule has 7 heteroatoms. The number of nitrogens with one attached hydrogen (secondary N) is 1. The Hall–Kier alpha value is -0.920. The van der Waals surface area contributed by atoms with Crippen molar-refractivity contribution in [2.24, 2.45) is 0 Å². The van der Waals surface area contributed by atoms with Gasteiger partial charge in [0.1, 0.15) is 0 Å². The zero-order chi connectivity index (χ0) is 14.9. The highest BCUT2D eigenvalue weighted by Gasteiger charge is 2.23. The molecule has 0 aliphatic carbocycles. The number of carbonyl (C=O) groups is 1. The predicted octanol–water partition coefficient (Wildman–Crippen LogP) is 1.29. The average Bonchev–Trinajstić information content (AvgIpc) is 2.37. The molecule has 1 atom stereocenters. The summed E-state index contributed by atoms with van der Waals surface area (Å²) in [5.41, 5.74) is 0.405. The van der Waals surface area contributed by atoms with Crippen molar-refractivity contribution in [2.75, 3.05) is 25.9 Å². The average molecular weight is 361 g/mol. The summed E-state index contributed by atoms with van der Waals surface area (Å²) in [5.74, 6) is -0.129. The number of piperazine rings is 1. The molecule has 1 fully saturated rings. The molecule has 0 spiro atoms. The fourth-order valence-electron chi connectivity index (χ4n) is 2.22. The molecule has 1 aromatic rings. The lowest BCUT2D eigenvalue weighted by Gasteiger charge is -2.32. The molecule has 1 N–H and O–H groups in total. The van der Waals surface area contributed by atoms with Gasteiger partial charge in [0.2, 0.25) is 0 Å². The van der Waals surface area contributed by atoms with Gasteiger partial charge in [-0.25, -0.2) is 8.42 Å². The first-order chi connectivity index (χ1) is 9.29. The van der Waals surface area contributed by atoms with Crippen molar-refractivity contribution in [1.82, 2.24) is 10.2 Å². The molecule has 1 aromatic carbocycles. The van der Waals surface area contributed by atoms with Crippen LogP contribution < -0.4 is 5.32 Å². The van der Waals surface area contributed by atoms with Crippen LogP contribution in [0.25, 0.3) is 0 Å². The van der Waals surface area contributed by atoms with Crippen LogP contribution in [-0.4, -0.2) is 51.2 Å². The van der Waals surface area contributed by atoms with Crippen molar-refractivity contribution in [3.8, 4) is 0 Å². The van der Waals surface area contributed by atoms with Gasteiger partial charge in [-0.15, -0.1) is 0 Å². The molecular weight excluding hydrogens is 344 g/mol. The van der Waals surface area contributed by atoms with E-state index in [1.807, 2.05) is 6.92 Å². The van der Waals surface area contributed by atoms with Gasteiger partial charge in [-0.3, -0.25) is 4.79 Å². The summed E-state index contributed by atoms with van der Waals surface area (Å²) in [4.78, 5) is 14.3. The summed E-state index contributed by atoms with van der Waals surface area (Å²) in [7, 11) is -3.36. The topological polar surface area (TPSA) is 66.5 Å². The van der Waals surface area contributed by atoms with Crippen molar-refractivity contribution in [1.29, 1.82) is 0 Å². The second-order valence-corrected chi connectivity index (χ2v) is 7.86. The smallest absolute Gasteiger partial charge is 0.253 e. The summed E-state index contributed by atoms with van der Waals surface area (Å²) < 4.78 is 23.9. The van der Waals surface area contributed by atoms with E-state index in [0.29, 0.717) is 23.1 Å². The van der Waals surface area contributed by atoms with Gasteiger partial charge in [0.05, 0.1) is 4.90 Å². The van der Waals surface area contributed by atoms with Crippen molar-refractivity contribution >= 4 is 31.7 Å². The van der Waals surface area contributed by atoms with E-state index in [2.05, 4.69) is 21.2 Å². The van der Waals surface area contributed by atoms with Crippen LogP contribution in [-0.2, 0) is 9.84 Å². The fourth-order valence-corrected chi connectivity index (χ4v) is 4.11. The lowest BCUT2D eigenvalue weighted by molar-refractivity contribution is 0.0709. The van der Waals surface area contributed by atoms with Crippen LogP contribution in [0.4, 0.5) is 0 Å². The molecule has 2 rings (SSSR count). The molecule has 1 heterocycles. The summed E-state index contributed by atoms with van der Waals surface area (Å²) >= 11 is 3.21. The standard InChI is InChI=1S/C13H17BrN2O3S/c1-9-8-16(6-5-15-9)13(17)10-3-4-11(14)12(7-10)20(2,18)19/h3-4,7,9,15H,5-6,8H2,1-2H3/t9-/m0/s1. The number of sulfone groups is 1. The van der Waals surface area contributed by atoms with Crippen molar-refractivity contribution in [2.45, 2.75) is 17.9 Å². The van der Waals surface area contributed by atoms with E-state index >= 15 is 0 Å². The number of nitrogens with zero attached hydrogens (tertiary/aromatic N) is 1. The summed E-state index contributed by atoms with van der Waals surface area (Å²) in [6.45, 7) is 4.03. The van der Waals surface area contributed by atoms with Crippen LogP contribution in [0.2, 0.25) is 0 Å². The third-order valence-corrected chi connectivity index (χ3v) is 5.32. The minimum Gasteiger partial charge on any atom is -0.336 e. The van der Waals surface area contributed by atoms with Crippen molar-refractivity contribution in [3.63, 3.8) is 0 Å². The number of hydrogen-bond donors (Lipinski definition) is 1. The molecule has 0 aromatic heterocycles. The Labute approximate surface area is 127 Å². The Kier molecular flexibility index (Phi) is 4.51. The number of amides is 1. The van der Waals surface area contributed by atoms with Gasteiger partial charge < -0.3 is 10.2 Å². The summed E-state index contributed by atoms with van der Waals surface area (Å²) in [5, 5.41) is 3.27. The second kappa shape index (κ2) is 5.83. The number of hydrogen-bond acceptors (Lipinski definition) is 4. The number of halogens is 1. The Morgan fingerprint density at radius 3 is 2.75 bits per heavy atom. The lowest BCUT2D eigenvalue weighted by atomic mass is 10.1. The molecule has 1 aliphatic heterocycles. The monoisotopic (exact) mass is 360 g/mol. The van der Waals surface area contributed by atoms with E-state index < -0.39 is 9.84 Å². The second-order valence-electron chi connectivity index (χ2n) is 5.02. The molecule has 110 valence electrons. The third kappa shape index (κ3) is 3.39. The highest BCUT2D eigenvalue weighted by atomic mass is 79.9. The Morgan fingerprint density at radius 1 is 1.45 bits per heavy atom. The largest absolute Gasteiger partial charge is 0.336 e. The molecule has 0 saturated carbocycles. The third-order valence-electron chi connectivity index (χ3n) is 3.23. The quantitative estimate of drug-likeness (QED) is 0.862. The normalized spacial score (nSPS) is 19.9. The zero-order valence-electron chi connectivity index (χ0n) is 11.4. The van der Waals surface area contributed by atoms with E-state index in [9.17, 15) is 13.2 Å². The summed E-state index contributed by atoms with van der Waals surface area (Å²) in [6, 6.07) is 4.94. The van der Waals surface area contributed by atoms with E-state index in [4.69, 9.17) is 0 Å². The first-order valence-corrected chi connectivity index (χ1v) is 9.00. The number of benzene rings is 1. The maximum absolute atomic E-state index is 12.4. The van der Waals surface area contributed by atoms with Gasteiger partial charge >= 0.3 is 0 Å². The van der Waals surface area contributed by atoms with Gasteiger partial charge in [0.25, 0.3) is 5.91 Å². The predicted molar refractivity (Wildman–Crippen MR) is 80.6 cm³/mol. The van der Waals surface area contributed by atoms with Crippen LogP contribution in [0, 0.1) is 0 Å². The molecule has 1 amide bonds. The highest BCUT2D eigenvalue weighted by Crippen LogP contribution is 2.24. The van der Waals surface area contributed by atoms with Crippen LogP contribution in [0.15, 0.2) is 27.6 Å². The number of rotatable bonds is 2. The van der Waals surface area contributed by atoms with Crippen LogP contribution >= 0.6 is 15.9 Å².